The van der Waals surface area contributed by atoms with Crippen LogP contribution in [-0.4, -0.2) is 37.4 Å². The highest BCUT2D eigenvalue weighted by atomic mass is 16.2. The number of carbonyl (C=O) groups excluding carboxylic acids is 3. The van der Waals surface area contributed by atoms with E-state index >= 15 is 0 Å². The van der Waals surface area contributed by atoms with E-state index in [1.165, 1.54) is 11.2 Å². The molecule has 1 N–H and O–H groups in total. The van der Waals surface area contributed by atoms with Crippen LogP contribution in [0.3, 0.4) is 0 Å². The lowest BCUT2D eigenvalue weighted by atomic mass is 10.1. The number of rotatable bonds is 7. The van der Waals surface area contributed by atoms with Crippen molar-refractivity contribution in [3.8, 4) is 0 Å². The maximum absolute atomic E-state index is 12.4. The number of aromatic nitrogens is 3. The maximum Gasteiger partial charge on any atom is 0.251 e. The van der Waals surface area contributed by atoms with Gasteiger partial charge in [-0.2, -0.15) is 5.10 Å². The molecule has 3 amide bonds. The van der Waals surface area contributed by atoms with E-state index in [1.54, 1.807) is 35.3 Å². The Hall–Kier alpha value is -3.81. The van der Waals surface area contributed by atoms with Crippen molar-refractivity contribution in [1.29, 1.82) is 0 Å². The Balaban J connectivity index is 1.29. The van der Waals surface area contributed by atoms with E-state index in [0.29, 0.717) is 18.7 Å². The summed E-state index contributed by atoms with van der Waals surface area (Å²) in [4.78, 5) is 41.0. The molecular weight excluding hydrogens is 382 g/mol. The number of nitrogens with one attached hydrogen (secondary N) is 1. The van der Waals surface area contributed by atoms with Gasteiger partial charge in [0.1, 0.15) is 12.7 Å². The van der Waals surface area contributed by atoms with Gasteiger partial charge in [-0.25, -0.2) is 9.67 Å². The van der Waals surface area contributed by atoms with Crippen LogP contribution in [0.2, 0.25) is 0 Å². The smallest absolute Gasteiger partial charge is 0.251 e. The van der Waals surface area contributed by atoms with Gasteiger partial charge in [-0.1, -0.05) is 36.4 Å². The second kappa shape index (κ2) is 8.69. The van der Waals surface area contributed by atoms with Gasteiger partial charge in [0.15, 0.2) is 0 Å². The number of imide groups is 1. The van der Waals surface area contributed by atoms with Crippen LogP contribution in [0.15, 0.2) is 61.2 Å². The Bertz CT molecular complexity index is 1030. The van der Waals surface area contributed by atoms with Crippen molar-refractivity contribution in [3.05, 3.63) is 83.4 Å². The standard InChI is InChI=1S/C22H21N5O3/c28-20-9-10-21(29)27(20)13-18-5-7-19(8-6-18)22(30)24-11-16-1-3-17(4-2-16)12-26-15-23-14-25-26/h1-8,14-15H,9-13H2,(H,24,30). The molecule has 0 atom stereocenters. The normalized spacial score (nSPS) is 13.7. The average molecular weight is 403 g/mol. The molecule has 1 saturated heterocycles. The first-order chi connectivity index (χ1) is 14.6. The molecule has 1 aromatic heterocycles. The number of hydrogen-bond acceptors (Lipinski definition) is 5. The Morgan fingerprint density at radius 3 is 2.10 bits per heavy atom. The van der Waals surface area contributed by atoms with Crippen LogP contribution in [0.1, 0.15) is 39.9 Å². The molecule has 0 saturated carbocycles. The summed E-state index contributed by atoms with van der Waals surface area (Å²) < 4.78 is 1.75. The number of carbonyl (C=O) groups is 3. The fourth-order valence-electron chi connectivity index (χ4n) is 3.29. The highest BCUT2D eigenvalue weighted by molar-refractivity contribution is 6.01. The third-order valence-electron chi connectivity index (χ3n) is 5.00. The summed E-state index contributed by atoms with van der Waals surface area (Å²) >= 11 is 0. The zero-order chi connectivity index (χ0) is 20.9. The minimum absolute atomic E-state index is 0.144. The summed E-state index contributed by atoms with van der Waals surface area (Å²) in [5.74, 6) is -0.468. The highest BCUT2D eigenvalue weighted by Crippen LogP contribution is 2.16. The molecule has 8 heteroatoms. The summed E-state index contributed by atoms with van der Waals surface area (Å²) in [6.07, 6.45) is 3.73. The van der Waals surface area contributed by atoms with Crippen molar-refractivity contribution >= 4 is 17.7 Å². The fraction of sp³-hybridized carbons (Fsp3) is 0.227. The Kier molecular flexibility index (Phi) is 5.65. The lowest BCUT2D eigenvalue weighted by Crippen LogP contribution is -2.28. The van der Waals surface area contributed by atoms with Gasteiger partial charge in [-0.05, 0) is 28.8 Å². The molecule has 8 nitrogen and oxygen atoms in total. The van der Waals surface area contributed by atoms with Gasteiger partial charge in [-0.3, -0.25) is 19.3 Å². The predicted molar refractivity (Wildman–Crippen MR) is 108 cm³/mol. The summed E-state index contributed by atoms with van der Waals surface area (Å²) in [5, 5.41) is 6.98. The predicted octanol–water partition coefficient (Wildman–Crippen LogP) is 1.91. The molecular formula is C22H21N5O3. The zero-order valence-electron chi connectivity index (χ0n) is 16.3. The topological polar surface area (TPSA) is 97.2 Å². The van der Waals surface area contributed by atoms with E-state index in [-0.39, 0.29) is 37.1 Å². The molecule has 1 aliphatic heterocycles. The molecule has 30 heavy (non-hydrogen) atoms. The van der Waals surface area contributed by atoms with Crippen LogP contribution in [-0.2, 0) is 29.2 Å². The van der Waals surface area contributed by atoms with E-state index in [2.05, 4.69) is 15.4 Å². The van der Waals surface area contributed by atoms with Crippen molar-refractivity contribution in [2.75, 3.05) is 0 Å². The molecule has 0 spiro atoms. The molecule has 0 radical (unpaired) electrons. The van der Waals surface area contributed by atoms with Crippen molar-refractivity contribution in [1.82, 2.24) is 25.0 Å². The van der Waals surface area contributed by atoms with Crippen molar-refractivity contribution < 1.29 is 14.4 Å². The van der Waals surface area contributed by atoms with E-state index < -0.39 is 0 Å². The second-order valence-corrected chi connectivity index (χ2v) is 7.16. The van der Waals surface area contributed by atoms with Crippen LogP contribution < -0.4 is 5.32 Å². The zero-order valence-corrected chi connectivity index (χ0v) is 16.3. The molecule has 3 aromatic rings. The second-order valence-electron chi connectivity index (χ2n) is 7.16. The lowest BCUT2D eigenvalue weighted by Gasteiger charge is -2.14. The van der Waals surface area contributed by atoms with Crippen LogP contribution in [0.5, 0.6) is 0 Å². The van der Waals surface area contributed by atoms with Crippen LogP contribution in [0, 0.1) is 0 Å². The summed E-state index contributed by atoms with van der Waals surface area (Å²) in [6.45, 7) is 1.31. The van der Waals surface area contributed by atoms with Crippen LogP contribution in [0.4, 0.5) is 0 Å². The van der Waals surface area contributed by atoms with Gasteiger partial charge >= 0.3 is 0 Å². The number of hydrogen-bond donors (Lipinski definition) is 1. The molecule has 2 aromatic carbocycles. The molecule has 1 aliphatic rings. The Labute approximate surface area is 173 Å². The van der Waals surface area contributed by atoms with E-state index in [9.17, 15) is 14.4 Å². The SMILES string of the molecule is O=C(NCc1ccc(Cn2cncn2)cc1)c1ccc(CN2C(=O)CCC2=O)cc1. The third kappa shape index (κ3) is 4.60. The third-order valence-corrected chi connectivity index (χ3v) is 5.00. The number of nitrogens with zero attached hydrogens (tertiary/aromatic N) is 4. The first-order valence-electron chi connectivity index (χ1n) is 9.69. The summed E-state index contributed by atoms with van der Waals surface area (Å²) in [7, 11) is 0. The summed E-state index contributed by atoms with van der Waals surface area (Å²) in [5.41, 5.74) is 3.44. The van der Waals surface area contributed by atoms with Crippen LogP contribution >= 0.6 is 0 Å². The van der Waals surface area contributed by atoms with E-state index in [0.717, 1.165) is 16.7 Å². The van der Waals surface area contributed by atoms with Gasteiger partial charge in [0.2, 0.25) is 11.8 Å². The number of likely N-dealkylation sites (tertiary alicyclic amines) is 1. The van der Waals surface area contributed by atoms with Gasteiger partial charge in [0.05, 0.1) is 13.1 Å². The molecule has 152 valence electrons. The highest BCUT2D eigenvalue weighted by Gasteiger charge is 2.28. The van der Waals surface area contributed by atoms with Gasteiger partial charge in [-0.15, -0.1) is 0 Å². The number of amides is 3. The van der Waals surface area contributed by atoms with E-state index in [4.69, 9.17) is 0 Å². The minimum Gasteiger partial charge on any atom is -0.348 e. The minimum atomic E-state index is -0.179. The van der Waals surface area contributed by atoms with Crippen molar-refractivity contribution in [2.24, 2.45) is 0 Å². The van der Waals surface area contributed by atoms with Crippen molar-refractivity contribution in [3.63, 3.8) is 0 Å². The largest absolute Gasteiger partial charge is 0.348 e. The van der Waals surface area contributed by atoms with Crippen LogP contribution in [0.25, 0.3) is 0 Å². The molecule has 0 aliphatic carbocycles. The Morgan fingerprint density at radius 2 is 1.47 bits per heavy atom. The molecule has 1 fully saturated rings. The molecule has 2 heterocycles. The quantitative estimate of drug-likeness (QED) is 0.608. The Morgan fingerprint density at radius 1 is 0.867 bits per heavy atom. The van der Waals surface area contributed by atoms with Crippen molar-refractivity contribution in [2.45, 2.75) is 32.5 Å². The number of benzene rings is 2. The fourth-order valence-corrected chi connectivity index (χ4v) is 3.29. The molecule has 0 unspecified atom stereocenters. The van der Waals surface area contributed by atoms with Gasteiger partial charge < -0.3 is 5.32 Å². The molecule has 4 rings (SSSR count). The van der Waals surface area contributed by atoms with Gasteiger partial charge in [0.25, 0.3) is 5.91 Å². The molecule has 0 bridgehead atoms. The first-order valence-corrected chi connectivity index (χ1v) is 9.69. The summed E-state index contributed by atoms with van der Waals surface area (Å²) in [6, 6.07) is 14.9. The monoisotopic (exact) mass is 403 g/mol. The van der Waals surface area contributed by atoms with Gasteiger partial charge in [0, 0.05) is 24.9 Å². The maximum atomic E-state index is 12.4. The van der Waals surface area contributed by atoms with E-state index in [1.807, 2.05) is 24.3 Å². The lowest BCUT2D eigenvalue weighted by molar-refractivity contribution is -0.139. The average Bonchev–Trinajstić information content (AvgIpc) is 3.39. The first kappa shape index (κ1) is 19.5.